The third kappa shape index (κ3) is 9.03. The molecule has 0 saturated heterocycles. The van der Waals surface area contributed by atoms with Gasteiger partial charge in [-0.05, 0) is 39.0 Å². The summed E-state index contributed by atoms with van der Waals surface area (Å²) in [5, 5.41) is 0. The number of halogens is 3. The second-order valence-corrected chi connectivity index (χ2v) is 9.90. The summed E-state index contributed by atoms with van der Waals surface area (Å²) in [5.41, 5.74) is 0. The minimum atomic E-state index is -4.71. The van der Waals surface area contributed by atoms with E-state index in [4.69, 9.17) is 4.74 Å². The number of ether oxygens (including phenoxy) is 1. The second-order valence-electron chi connectivity index (χ2n) is 7.90. The molecule has 0 rings (SSSR count). The van der Waals surface area contributed by atoms with Gasteiger partial charge in [-0.15, -0.1) is 0 Å². The monoisotopic (exact) mass is 387 g/mol. The predicted molar refractivity (Wildman–Crippen MR) is 94.2 cm³/mol. The number of esters is 1. The molecule has 0 aromatic carbocycles. The van der Waals surface area contributed by atoms with Gasteiger partial charge in [-0.1, -0.05) is 34.1 Å². The van der Waals surface area contributed by atoms with Crippen LogP contribution in [0.1, 0.15) is 61.3 Å². The van der Waals surface area contributed by atoms with Gasteiger partial charge in [-0.3, -0.25) is 4.79 Å². The Morgan fingerprint density at radius 3 is 2.04 bits per heavy atom. The SMILES string of the molecule is CCC(C)C[C@H](C(=O)OCC(C)C)[C@H](N[S@@](=O)C(C)(C)C)C(F)(F)F. The summed E-state index contributed by atoms with van der Waals surface area (Å²) in [5.74, 6) is -2.39. The van der Waals surface area contributed by atoms with Crippen molar-refractivity contribution in [1.82, 2.24) is 4.72 Å². The van der Waals surface area contributed by atoms with E-state index in [1.807, 2.05) is 20.8 Å². The quantitative estimate of drug-likeness (QED) is 0.603. The van der Waals surface area contributed by atoms with Gasteiger partial charge in [-0.2, -0.15) is 13.2 Å². The first-order valence-corrected chi connectivity index (χ1v) is 9.76. The zero-order valence-corrected chi connectivity index (χ0v) is 17.0. The van der Waals surface area contributed by atoms with Crippen LogP contribution in [0.5, 0.6) is 0 Å². The fourth-order valence-corrected chi connectivity index (χ4v) is 2.88. The molecule has 0 aliphatic rings. The molecule has 4 atom stereocenters. The number of nitrogens with one attached hydrogen (secondary N) is 1. The molecule has 0 aliphatic carbocycles. The van der Waals surface area contributed by atoms with Crippen LogP contribution in [0.2, 0.25) is 0 Å². The number of carbonyl (C=O) groups excluding carboxylic acids is 1. The number of hydrogen-bond donors (Lipinski definition) is 1. The molecule has 0 aromatic rings. The summed E-state index contributed by atoms with van der Waals surface area (Å²) >= 11 is 0. The maximum Gasteiger partial charge on any atom is 0.405 e. The molecule has 1 N–H and O–H groups in total. The molecular formula is C17H32F3NO3S. The smallest absolute Gasteiger partial charge is 0.405 e. The van der Waals surface area contributed by atoms with Crippen molar-refractivity contribution in [2.75, 3.05) is 6.61 Å². The van der Waals surface area contributed by atoms with E-state index in [2.05, 4.69) is 4.72 Å². The minimum absolute atomic E-state index is 0.0198. The summed E-state index contributed by atoms with van der Waals surface area (Å²) in [6, 6.07) is -2.21. The summed E-state index contributed by atoms with van der Waals surface area (Å²) in [7, 11) is -1.96. The van der Waals surface area contributed by atoms with E-state index in [9.17, 15) is 22.2 Å². The van der Waals surface area contributed by atoms with Crippen molar-refractivity contribution in [3.05, 3.63) is 0 Å². The lowest BCUT2D eigenvalue weighted by molar-refractivity contribution is -0.180. The minimum Gasteiger partial charge on any atom is -0.465 e. The molecule has 0 fully saturated rings. The second kappa shape index (κ2) is 9.90. The van der Waals surface area contributed by atoms with Crippen molar-refractivity contribution in [2.45, 2.75) is 78.3 Å². The Morgan fingerprint density at radius 2 is 1.68 bits per heavy atom. The summed E-state index contributed by atoms with van der Waals surface area (Å²) in [4.78, 5) is 12.4. The largest absolute Gasteiger partial charge is 0.465 e. The third-order valence-electron chi connectivity index (χ3n) is 3.76. The van der Waals surface area contributed by atoms with Gasteiger partial charge in [0.05, 0.1) is 28.3 Å². The fraction of sp³-hybridized carbons (Fsp3) is 0.941. The molecule has 0 bridgehead atoms. The van der Waals surface area contributed by atoms with Crippen LogP contribution in [-0.4, -0.2) is 33.8 Å². The maximum atomic E-state index is 13.6. The van der Waals surface area contributed by atoms with Gasteiger partial charge < -0.3 is 4.74 Å². The van der Waals surface area contributed by atoms with Crippen LogP contribution in [0.15, 0.2) is 0 Å². The van der Waals surface area contributed by atoms with Crippen molar-refractivity contribution in [2.24, 2.45) is 17.8 Å². The first-order valence-electron chi connectivity index (χ1n) is 8.61. The van der Waals surface area contributed by atoms with Crippen molar-refractivity contribution in [3.63, 3.8) is 0 Å². The van der Waals surface area contributed by atoms with Gasteiger partial charge in [0.15, 0.2) is 0 Å². The molecule has 4 nitrogen and oxygen atoms in total. The highest BCUT2D eigenvalue weighted by atomic mass is 32.2. The fourth-order valence-electron chi connectivity index (χ4n) is 1.99. The Morgan fingerprint density at radius 1 is 1.16 bits per heavy atom. The van der Waals surface area contributed by atoms with Gasteiger partial charge >= 0.3 is 12.1 Å². The van der Waals surface area contributed by atoms with Crippen LogP contribution in [0.4, 0.5) is 13.2 Å². The third-order valence-corrected chi connectivity index (χ3v) is 5.34. The Hall–Kier alpha value is -0.630. The summed E-state index contributed by atoms with van der Waals surface area (Å²) in [6.07, 6.45) is -4.05. The molecule has 0 saturated carbocycles. The average molecular weight is 388 g/mol. The van der Waals surface area contributed by atoms with Crippen molar-refractivity contribution < 1.29 is 26.9 Å². The van der Waals surface area contributed by atoms with E-state index >= 15 is 0 Å². The van der Waals surface area contributed by atoms with Crippen molar-refractivity contribution in [3.8, 4) is 0 Å². The molecule has 8 heteroatoms. The number of rotatable bonds is 9. The van der Waals surface area contributed by atoms with E-state index in [0.717, 1.165) is 0 Å². The summed E-state index contributed by atoms with van der Waals surface area (Å²) < 4.78 is 59.4. The van der Waals surface area contributed by atoms with Crippen LogP contribution in [0, 0.1) is 17.8 Å². The highest BCUT2D eigenvalue weighted by Crippen LogP contribution is 2.32. The number of hydrogen-bond acceptors (Lipinski definition) is 3. The van der Waals surface area contributed by atoms with E-state index in [-0.39, 0.29) is 24.9 Å². The maximum absolute atomic E-state index is 13.6. The van der Waals surface area contributed by atoms with Gasteiger partial charge in [0.1, 0.15) is 6.04 Å². The molecule has 0 radical (unpaired) electrons. The predicted octanol–water partition coefficient (Wildman–Crippen LogP) is 4.22. The Balaban J connectivity index is 5.59. The molecule has 0 aromatic heterocycles. The van der Waals surface area contributed by atoms with Gasteiger partial charge in [0.25, 0.3) is 0 Å². The first-order chi connectivity index (χ1) is 11.2. The standard InChI is InChI=1S/C17H32F3NO3S/c1-8-12(4)9-13(15(22)24-10-11(2)3)14(17(18,19)20)21-25(23)16(5,6)7/h11-14,21H,8-10H2,1-7H3/t12?,13-,14-,25-/m0/s1. The molecule has 25 heavy (non-hydrogen) atoms. The highest BCUT2D eigenvalue weighted by molar-refractivity contribution is 7.84. The topological polar surface area (TPSA) is 55.4 Å². The van der Waals surface area contributed by atoms with Crippen LogP contribution >= 0.6 is 0 Å². The molecule has 0 amide bonds. The van der Waals surface area contributed by atoms with E-state index in [0.29, 0.717) is 6.42 Å². The van der Waals surface area contributed by atoms with Crippen LogP contribution in [0.25, 0.3) is 0 Å². The lowest BCUT2D eigenvalue weighted by Crippen LogP contribution is -2.54. The molecular weight excluding hydrogens is 355 g/mol. The molecule has 1 unspecified atom stereocenters. The van der Waals surface area contributed by atoms with Crippen LogP contribution < -0.4 is 4.72 Å². The first kappa shape index (κ1) is 24.4. The van der Waals surface area contributed by atoms with Crippen LogP contribution in [0.3, 0.4) is 0 Å². The van der Waals surface area contributed by atoms with E-state index in [1.54, 1.807) is 27.7 Å². The van der Waals surface area contributed by atoms with E-state index in [1.165, 1.54) is 0 Å². The molecule has 150 valence electrons. The Kier molecular flexibility index (Phi) is 9.65. The summed E-state index contributed by atoms with van der Waals surface area (Å²) in [6.45, 7) is 12.0. The zero-order chi connectivity index (χ0) is 20.0. The molecule has 0 heterocycles. The normalized spacial score (nSPS) is 17.9. The Labute approximate surface area is 151 Å². The lowest BCUT2D eigenvalue weighted by atomic mass is 9.88. The van der Waals surface area contributed by atoms with Gasteiger partial charge in [-0.25, -0.2) is 8.93 Å². The molecule has 0 aliphatic heterocycles. The number of carbonyl (C=O) groups is 1. The average Bonchev–Trinajstić information content (AvgIpc) is 2.45. The van der Waals surface area contributed by atoms with Crippen molar-refractivity contribution in [1.29, 1.82) is 0 Å². The lowest BCUT2D eigenvalue weighted by Gasteiger charge is -2.32. The van der Waals surface area contributed by atoms with Gasteiger partial charge in [0, 0.05) is 0 Å². The molecule has 0 spiro atoms. The zero-order valence-electron chi connectivity index (χ0n) is 16.2. The van der Waals surface area contributed by atoms with Crippen LogP contribution in [-0.2, 0) is 20.5 Å². The van der Waals surface area contributed by atoms with Gasteiger partial charge in [0.2, 0.25) is 0 Å². The van der Waals surface area contributed by atoms with E-state index < -0.39 is 39.8 Å². The Bertz CT molecular complexity index is 447. The highest BCUT2D eigenvalue weighted by Gasteiger charge is 2.50. The number of alkyl halides is 3. The van der Waals surface area contributed by atoms with Crippen molar-refractivity contribution >= 4 is 17.0 Å².